The van der Waals surface area contributed by atoms with Crippen molar-refractivity contribution in [3.05, 3.63) is 35.9 Å². The van der Waals surface area contributed by atoms with E-state index in [1.807, 2.05) is 0 Å². The number of nitrogens with zero attached hydrogens (tertiary/aromatic N) is 2. The summed E-state index contributed by atoms with van der Waals surface area (Å²) in [5, 5.41) is 12.0. The Kier molecular flexibility index (Phi) is 2.78. The predicted molar refractivity (Wildman–Crippen MR) is 56.6 cm³/mol. The van der Waals surface area contributed by atoms with Gasteiger partial charge < -0.3 is 10.4 Å². The van der Waals surface area contributed by atoms with Gasteiger partial charge in [-0.25, -0.2) is 14.2 Å². The monoisotopic (exact) mass is 239 g/mol. The highest BCUT2D eigenvalue weighted by Gasteiger charge is 2.10. The summed E-state index contributed by atoms with van der Waals surface area (Å²) in [6.07, 6.45) is 1.37. The van der Waals surface area contributed by atoms with Gasteiger partial charge in [0.25, 0.3) is 0 Å². The molecule has 0 amide bonds. The average molecular weight is 239 g/mol. The van der Waals surface area contributed by atoms with Crippen molar-refractivity contribution >= 4 is 28.3 Å². The van der Waals surface area contributed by atoms with Crippen LogP contribution in [0.25, 0.3) is 0 Å². The molecule has 2 rings (SSSR count). The molecular formula is C9H6FN3O2S. The van der Waals surface area contributed by atoms with Crippen LogP contribution in [0.15, 0.2) is 24.5 Å². The minimum atomic E-state index is -1.29. The van der Waals surface area contributed by atoms with Crippen LogP contribution in [-0.4, -0.2) is 20.4 Å². The van der Waals surface area contributed by atoms with Crippen LogP contribution in [-0.2, 0) is 0 Å². The summed E-state index contributed by atoms with van der Waals surface area (Å²) in [5.74, 6) is -2.08. The van der Waals surface area contributed by atoms with Crippen molar-refractivity contribution in [1.29, 1.82) is 0 Å². The molecule has 1 heterocycles. The molecule has 2 aromatic rings. The Morgan fingerprint density at radius 1 is 1.50 bits per heavy atom. The minimum Gasteiger partial charge on any atom is -0.478 e. The number of hydrogen-bond acceptors (Lipinski definition) is 5. The van der Waals surface area contributed by atoms with Crippen molar-refractivity contribution in [3.63, 3.8) is 0 Å². The van der Waals surface area contributed by atoms with Crippen LogP contribution in [0.3, 0.4) is 0 Å². The number of benzene rings is 1. The third-order valence-corrected chi connectivity index (χ3v) is 2.39. The highest BCUT2D eigenvalue weighted by atomic mass is 32.1. The summed E-state index contributed by atoms with van der Waals surface area (Å²) in [5.41, 5.74) is 0.0714. The van der Waals surface area contributed by atoms with Crippen LogP contribution < -0.4 is 5.32 Å². The van der Waals surface area contributed by atoms with Crippen molar-refractivity contribution < 1.29 is 14.3 Å². The lowest BCUT2D eigenvalue weighted by molar-refractivity contribution is 0.0692. The number of aromatic carboxylic acids is 1. The Balaban J connectivity index is 2.24. The quantitative estimate of drug-likeness (QED) is 0.858. The van der Waals surface area contributed by atoms with Gasteiger partial charge in [-0.05, 0) is 18.2 Å². The van der Waals surface area contributed by atoms with Gasteiger partial charge in [-0.3, -0.25) is 0 Å². The number of hydrogen-bond donors (Lipinski definition) is 2. The first kappa shape index (κ1) is 10.5. The van der Waals surface area contributed by atoms with Gasteiger partial charge in [0, 0.05) is 17.2 Å². The summed E-state index contributed by atoms with van der Waals surface area (Å²) in [4.78, 5) is 14.4. The van der Waals surface area contributed by atoms with Crippen molar-refractivity contribution in [2.24, 2.45) is 0 Å². The van der Waals surface area contributed by atoms with Crippen molar-refractivity contribution in [3.8, 4) is 0 Å². The molecule has 2 N–H and O–H groups in total. The van der Waals surface area contributed by atoms with Crippen molar-refractivity contribution in [1.82, 2.24) is 9.36 Å². The molecule has 0 radical (unpaired) electrons. The molecular weight excluding hydrogens is 233 g/mol. The number of halogens is 1. The fourth-order valence-corrected chi connectivity index (χ4v) is 1.57. The highest BCUT2D eigenvalue weighted by Crippen LogP contribution is 2.19. The number of carbonyl (C=O) groups is 1. The van der Waals surface area contributed by atoms with E-state index in [9.17, 15) is 9.18 Å². The Morgan fingerprint density at radius 3 is 2.88 bits per heavy atom. The van der Waals surface area contributed by atoms with Crippen LogP contribution in [0.5, 0.6) is 0 Å². The average Bonchev–Trinajstić information content (AvgIpc) is 2.70. The molecule has 16 heavy (non-hydrogen) atoms. The number of nitrogens with one attached hydrogen (secondary N) is 1. The number of carboxylic acids is 1. The van der Waals surface area contributed by atoms with E-state index in [-0.39, 0.29) is 5.56 Å². The smallest absolute Gasteiger partial charge is 0.338 e. The fraction of sp³-hybridized carbons (Fsp3) is 0. The van der Waals surface area contributed by atoms with E-state index < -0.39 is 11.8 Å². The van der Waals surface area contributed by atoms with E-state index in [4.69, 9.17) is 5.11 Å². The first-order chi connectivity index (χ1) is 7.66. The minimum absolute atomic E-state index is 0.359. The zero-order valence-corrected chi connectivity index (χ0v) is 8.66. The summed E-state index contributed by atoms with van der Waals surface area (Å²) < 4.78 is 17.0. The third-order valence-electron chi connectivity index (χ3n) is 1.81. The van der Waals surface area contributed by atoms with Crippen LogP contribution in [0.2, 0.25) is 0 Å². The summed E-state index contributed by atoms with van der Waals surface area (Å²) >= 11 is 1.12. The molecule has 7 heteroatoms. The number of aromatic nitrogens is 2. The number of carboxylic acid groups (broad SMARTS) is 1. The maximum atomic E-state index is 13.3. The molecule has 0 bridgehead atoms. The van der Waals surface area contributed by atoms with Gasteiger partial charge in [0.2, 0.25) is 5.13 Å². The van der Waals surface area contributed by atoms with E-state index in [1.165, 1.54) is 18.5 Å². The lowest BCUT2D eigenvalue weighted by Crippen LogP contribution is -2.01. The predicted octanol–water partition coefficient (Wildman–Crippen LogP) is 2.12. The van der Waals surface area contributed by atoms with E-state index in [1.54, 1.807) is 0 Å². The molecule has 0 aliphatic heterocycles. The molecule has 82 valence electrons. The second-order valence-corrected chi connectivity index (χ2v) is 3.65. The zero-order valence-electron chi connectivity index (χ0n) is 7.85. The van der Waals surface area contributed by atoms with Gasteiger partial charge in [0.1, 0.15) is 12.1 Å². The maximum absolute atomic E-state index is 13.3. The summed E-state index contributed by atoms with van der Waals surface area (Å²) in [6.45, 7) is 0. The summed E-state index contributed by atoms with van der Waals surface area (Å²) in [7, 11) is 0. The molecule has 0 saturated carbocycles. The molecule has 0 aliphatic carbocycles. The molecule has 0 fully saturated rings. The van der Waals surface area contributed by atoms with E-state index in [2.05, 4.69) is 14.7 Å². The topological polar surface area (TPSA) is 75.1 Å². The maximum Gasteiger partial charge on any atom is 0.338 e. The fourth-order valence-electron chi connectivity index (χ4n) is 1.12. The molecule has 0 unspecified atom stereocenters. The largest absolute Gasteiger partial charge is 0.478 e. The van der Waals surface area contributed by atoms with Crippen LogP contribution in [0, 0.1) is 5.82 Å². The molecule has 0 atom stereocenters. The number of anilines is 2. The molecule has 1 aromatic carbocycles. The third kappa shape index (κ3) is 2.14. The first-order valence-corrected chi connectivity index (χ1v) is 5.00. The van der Waals surface area contributed by atoms with Gasteiger partial charge in [0.05, 0.1) is 5.56 Å². The Labute approximate surface area is 93.7 Å². The Hall–Kier alpha value is -2.02. The van der Waals surface area contributed by atoms with Gasteiger partial charge in [-0.1, -0.05) is 0 Å². The van der Waals surface area contributed by atoms with Gasteiger partial charge in [0.15, 0.2) is 0 Å². The van der Waals surface area contributed by atoms with Crippen molar-refractivity contribution in [2.45, 2.75) is 0 Å². The van der Waals surface area contributed by atoms with E-state index in [0.29, 0.717) is 10.8 Å². The first-order valence-electron chi connectivity index (χ1n) is 4.23. The second kappa shape index (κ2) is 4.23. The van der Waals surface area contributed by atoms with Crippen LogP contribution >= 0.6 is 11.5 Å². The van der Waals surface area contributed by atoms with Gasteiger partial charge >= 0.3 is 5.97 Å². The molecule has 0 saturated heterocycles. The Morgan fingerprint density at radius 2 is 2.31 bits per heavy atom. The zero-order chi connectivity index (χ0) is 11.5. The molecule has 5 nitrogen and oxygen atoms in total. The second-order valence-electron chi connectivity index (χ2n) is 2.87. The Bertz CT molecular complexity index is 515. The lowest BCUT2D eigenvalue weighted by Gasteiger charge is -2.03. The van der Waals surface area contributed by atoms with Crippen LogP contribution in [0.4, 0.5) is 15.2 Å². The van der Waals surface area contributed by atoms with E-state index >= 15 is 0 Å². The lowest BCUT2D eigenvalue weighted by atomic mass is 10.2. The normalized spacial score (nSPS) is 10.1. The summed E-state index contributed by atoms with van der Waals surface area (Å²) in [6, 6.07) is 3.76. The van der Waals surface area contributed by atoms with Gasteiger partial charge in [-0.15, -0.1) is 0 Å². The molecule has 0 spiro atoms. The van der Waals surface area contributed by atoms with Crippen LogP contribution in [0.1, 0.15) is 10.4 Å². The van der Waals surface area contributed by atoms with Gasteiger partial charge in [-0.2, -0.15) is 4.37 Å². The van der Waals surface area contributed by atoms with Crippen molar-refractivity contribution in [2.75, 3.05) is 5.32 Å². The standard InChI is InChI=1S/C9H6FN3O2S/c10-7-3-5(1-2-6(7)8(14)15)13-9-11-4-12-16-9/h1-4H,(H,14,15)(H,11,12,13). The molecule has 1 aromatic heterocycles. The number of rotatable bonds is 3. The SMILES string of the molecule is O=C(O)c1ccc(Nc2ncns2)cc1F. The van der Waals surface area contributed by atoms with E-state index in [0.717, 1.165) is 17.6 Å². The molecule has 0 aliphatic rings. The highest BCUT2D eigenvalue weighted by molar-refractivity contribution is 7.09.